The molecule has 2 N–H and O–H groups in total. The van der Waals surface area contributed by atoms with Crippen LogP contribution in [0.3, 0.4) is 0 Å². The summed E-state index contributed by atoms with van der Waals surface area (Å²) >= 11 is 0. The molecule has 0 fully saturated rings. The quantitative estimate of drug-likeness (QED) is 0.457. The van der Waals surface area contributed by atoms with Crippen LogP contribution in [0.2, 0.25) is 0 Å². The molecule has 1 amide bonds. The predicted molar refractivity (Wildman–Crippen MR) is 118 cm³/mol. The number of pyridine rings is 2. The number of amides is 1. The number of carbonyl (C=O) groups is 1. The highest BCUT2D eigenvalue weighted by Gasteiger charge is 2.08. The highest BCUT2D eigenvalue weighted by Crippen LogP contribution is 2.26. The second-order valence-electron chi connectivity index (χ2n) is 6.99. The van der Waals surface area contributed by atoms with Crippen molar-refractivity contribution < 1.29 is 9.53 Å². The Morgan fingerprint density at radius 2 is 1.83 bits per heavy atom. The first kappa shape index (κ1) is 19.4. The summed E-state index contributed by atoms with van der Waals surface area (Å²) in [6.07, 6.45) is 1.74. The lowest BCUT2D eigenvalue weighted by Gasteiger charge is -2.13. The molecule has 2 aromatic heterocycles. The average molecular weight is 398 g/mol. The van der Waals surface area contributed by atoms with Crippen molar-refractivity contribution in [3.05, 3.63) is 84.6 Å². The monoisotopic (exact) mass is 398 g/mol. The van der Waals surface area contributed by atoms with E-state index in [0.717, 1.165) is 28.0 Å². The van der Waals surface area contributed by atoms with E-state index in [0.29, 0.717) is 11.6 Å². The molecule has 0 spiro atoms. The van der Waals surface area contributed by atoms with Crippen LogP contribution in [0.5, 0.6) is 11.6 Å². The van der Waals surface area contributed by atoms with Crippen molar-refractivity contribution in [1.29, 1.82) is 0 Å². The van der Waals surface area contributed by atoms with Gasteiger partial charge in [-0.2, -0.15) is 0 Å². The Bertz CT molecular complexity index is 1160. The van der Waals surface area contributed by atoms with Gasteiger partial charge < -0.3 is 15.4 Å². The summed E-state index contributed by atoms with van der Waals surface area (Å²) in [4.78, 5) is 20.1. The van der Waals surface area contributed by atoms with Crippen LogP contribution in [0.15, 0.2) is 79.0 Å². The minimum Gasteiger partial charge on any atom is -0.439 e. The van der Waals surface area contributed by atoms with Gasteiger partial charge in [-0.05, 0) is 67.1 Å². The summed E-state index contributed by atoms with van der Waals surface area (Å²) in [5.41, 5.74) is 2.79. The lowest BCUT2D eigenvalue weighted by atomic mass is 10.1. The molecule has 1 unspecified atom stereocenters. The first-order valence-electron chi connectivity index (χ1n) is 9.70. The fraction of sp³-hybridized carbons (Fsp3) is 0.125. The Labute approximate surface area is 175 Å². The van der Waals surface area contributed by atoms with E-state index in [1.165, 1.54) is 6.92 Å². The number of aromatic nitrogens is 2. The Kier molecular flexibility index (Phi) is 5.57. The maximum atomic E-state index is 11.3. The molecule has 150 valence electrons. The number of hydrogen-bond acceptors (Lipinski definition) is 5. The van der Waals surface area contributed by atoms with Crippen LogP contribution in [0.4, 0.5) is 11.5 Å². The molecule has 30 heavy (non-hydrogen) atoms. The smallest absolute Gasteiger partial charge is 0.219 e. The van der Waals surface area contributed by atoms with Gasteiger partial charge >= 0.3 is 0 Å². The molecule has 2 heterocycles. The van der Waals surface area contributed by atoms with Gasteiger partial charge in [0, 0.05) is 30.3 Å². The van der Waals surface area contributed by atoms with Gasteiger partial charge in [-0.3, -0.25) is 4.79 Å². The van der Waals surface area contributed by atoms with Gasteiger partial charge in [-0.15, -0.1) is 0 Å². The van der Waals surface area contributed by atoms with E-state index in [1.54, 1.807) is 6.20 Å². The van der Waals surface area contributed by atoms with Crippen LogP contribution >= 0.6 is 0 Å². The zero-order valence-corrected chi connectivity index (χ0v) is 16.8. The number of rotatable bonds is 6. The second-order valence-corrected chi connectivity index (χ2v) is 6.99. The third-order valence-corrected chi connectivity index (χ3v) is 4.62. The third kappa shape index (κ3) is 4.72. The van der Waals surface area contributed by atoms with Crippen molar-refractivity contribution in [1.82, 2.24) is 15.3 Å². The largest absolute Gasteiger partial charge is 0.439 e. The Morgan fingerprint density at radius 1 is 1.00 bits per heavy atom. The summed E-state index contributed by atoms with van der Waals surface area (Å²) < 4.78 is 5.91. The Morgan fingerprint density at radius 3 is 2.57 bits per heavy atom. The lowest BCUT2D eigenvalue weighted by Crippen LogP contribution is -2.23. The summed E-state index contributed by atoms with van der Waals surface area (Å²) in [7, 11) is 0. The van der Waals surface area contributed by atoms with Gasteiger partial charge in [0.1, 0.15) is 11.6 Å². The van der Waals surface area contributed by atoms with Crippen molar-refractivity contribution >= 4 is 28.3 Å². The molecule has 0 aliphatic heterocycles. The van der Waals surface area contributed by atoms with Crippen LogP contribution in [0.1, 0.15) is 25.5 Å². The molecular formula is C24H22N4O2. The molecule has 4 rings (SSSR count). The summed E-state index contributed by atoms with van der Waals surface area (Å²) in [5.74, 6) is 1.96. The van der Waals surface area contributed by atoms with Crippen molar-refractivity contribution in [2.24, 2.45) is 0 Å². The van der Waals surface area contributed by atoms with Crippen LogP contribution in [-0.2, 0) is 4.79 Å². The molecular weight excluding hydrogens is 376 g/mol. The van der Waals surface area contributed by atoms with Crippen LogP contribution in [0, 0.1) is 0 Å². The fourth-order valence-corrected chi connectivity index (χ4v) is 3.15. The van der Waals surface area contributed by atoms with Crippen molar-refractivity contribution in [3.8, 4) is 11.6 Å². The van der Waals surface area contributed by atoms with E-state index in [-0.39, 0.29) is 11.9 Å². The van der Waals surface area contributed by atoms with Gasteiger partial charge in [0.05, 0.1) is 11.6 Å². The summed E-state index contributed by atoms with van der Waals surface area (Å²) in [6, 6.07) is 23.1. The molecule has 0 aliphatic rings. The summed E-state index contributed by atoms with van der Waals surface area (Å²) in [5, 5.41) is 7.12. The molecule has 0 saturated heterocycles. The number of ether oxygens (including phenoxy) is 1. The van der Waals surface area contributed by atoms with Gasteiger partial charge in [-0.25, -0.2) is 9.97 Å². The maximum absolute atomic E-state index is 11.3. The van der Waals surface area contributed by atoms with E-state index in [2.05, 4.69) is 20.6 Å². The average Bonchev–Trinajstić information content (AvgIpc) is 2.75. The number of carbonyl (C=O) groups excluding carboxylic acids is 1. The fourth-order valence-electron chi connectivity index (χ4n) is 3.15. The molecule has 4 aromatic rings. The normalized spacial score (nSPS) is 11.7. The minimum absolute atomic E-state index is 0.0503. The Balaban J connectivity index is 1.46. The highest BCUT2D eigenvalue weighted by atomic mass is 16.5. The molecule has 0 saturated carbocycles. The molecule has 6 heteroatoms. The van der Waals surface area contributed by atoms with Gasteiger partial charge in [-0.1, -0.05) is 12.1 Å². The van der Waals surface area contributed by atoms with Crippen LogP contribution < -0.4 is 15.4 Å². The number of benzene rings is 2. The first-order chi connectivity index (χ1) is 14.6. The number of anilines is 2. The van der Waals surface area contributed by atoms with Gasteiger partial charge in [0.15, 0.2) is 0 Å². The number of nitrogens with zero attached hydrogens (tertiary/aromatic N) is 2. The summed E-state index contributed by atoms with van der Waals surface area (Å²) in [6.45, 7) is 3.48. The molecule has 6 nitrogen and oxygen atoms in total. The molecule has 0 bridgehead atoms. The SMILES string of the molecule is CC(=O)NC(C)c1ccc2nc(Oc3ccc(Nc4ccccn4)cc3)ccc2c1. The lowest BCUT2D eigenvalue weighted by molar-refractivity contribution is -0.119. The van der Waals surface area contributed by atoms with Crippen molar-refractivity contribution in [2.45, 2.75) is 19.9 Å². The predicted octanol–water partition coefficient (Wildman–Crippen LogP) is 5.36. The second kappa shape index (κ2) is 8.61. The van der Waals surface area contributed by atoms with Crippen LogP contribution in [-0.4, -0.2) is 15.9 Å². The van der Waals surface area contributed by atoms with Crippen molar-refractivity contribution in [3.63, 3.8) is 0 Å². The standard InChI is InChI=1S/C24H22N4O2/c1-16(26-17(2)29)18-6-12-22-19(15-18)7-13-24(28-22)30-21-10-8-20(9-11-21)27-23-5-3-4-14-25-23/h3-16H,1-2H3,(H,25,27)(H,26,29). The molecule has 0 radical (unpaired) electrons. The minimum atomic E-state index is -0.0546. The number of nitrogens with one attached hydrogen (secondary N) is 2. The maximum Gasteiger partial charge on any atom is 0.219 e. The molecule has 2 aromatic carbocycles. The van der Waals surface area contributed by atoms with E-state index in [9.17, 15) is 4.79 Å². The van der Waals surface area contributed by atoms with E-state index in [1.807, 2.05) is 79.7 Å². The topological polar surface area (TPSA) is 76.1 Å². The van der Waals surface area contributed by atoms with E-state index < -0.39 is 0 Å². The van der Waals surface area contributed by atoms with E-state index >= 15 is 0 Å². The van der Waals surface area contributed by atoms with Crippen LogP contribution in [0.25, 0.3) is 10.9 Å². The zero-order chi connectivity index (χ0) is 20.9. The van der Waals surface area contributed by atoms with Crippen molar-refractivity contribution in [2.75, 3.05) is 5.32 Å². The third-order valence-electron chi connectivity index (χ3n) is 4.62. The molecule has 0 aliphatic carbocycles. The zero-order valence-electron chi connectivity index (χ0n) is 16.8. The van der Waals surface area contributed by atoms with Gasteiger partial charge in [0.2, 0.25) is 11.8 Å². The van der Waals surface area contributed by atoms with E-state index in [4.69, 9.17) is 4.74 Å². The highest BCUT2D eigenvalue weighted by molar-refractivity contribution is 5.80. The number of hydrogen-bond donors (Lipinski definition) is 2. The van der Waals surface area contributed by atoms with Gasteiger partial charge in [0.25, 0.3) is 0 Å². The first-order valence-corrected chi connectivity index (χ1v) is 9.70. The molecule has 1 atom stereocenters. The Hall–Kier alpha value is -3.93. The number of fused-ring (bicyclic) bond motifs is 1.